The van der Waals surface area contributed by atoms with Crippen LogP contribution in [-0.4, -0.2) is 22.4 Å². The summed E-state index contributed by atoms with van der Waals surface area (Å²) in [5.74, 6) is 0.322. The van der Waals surface area contributed by atoms with Gasteiger partial charge < -0.3 is 4.74 Å². The number of halogens is 1. The third kappa shape index (κ3) is 3.08. The standard InChI is InChI=1S/C16H11BrN2O2/c17-12-6-7-14-13(8-12)16(19-10-18-14)21-9-15(20)11-4-2-1-3-5-11/h1-8,10H,9H2. The van der Waals surface area contributed by atoms with E-state index < -0.39 is 0 Å². The molecule has 3 aromatic rings. The summed E-state index contributed by atoms with van der Waals surface area (Å²) in [4.78, 5) is 20.3. The van der Waals surface area contributed by atoms with Gasteiger partial charge in [0, 0.05) is 10.0 Å². The maximum atomic E-state index is 12.0. The maximum absolute atomic E-state index is 12.0. The summed E-state index contributed by atoms with van der Waals surface area (Å²) in [6.07, 6.45) is 1.43. The molecule has 5 heteroatoms. The quantitative estimate of drug-likeness (QED) is 0.679. The molecule has 0 saturated heterocycles. The van der Waals surface area contributed by atoms with Gasteiger partial charge >= 0.3 is 0 Å². The normalized spacial score (nSPS) is 10.5. The van der Waals surface area contributed by atoms with E-state index in [2.05, 4.69) is 25.9 Å². The van der Waals surface area contributed by atoms with Gasteiger partial charge in [0.1, 0.15) is 6.33 Å². The first-order valence-electron chi connectivity index (χ1n) is 6.35. The number of ketones is 1. The second kappa shape index (κ2) is 6.01. The molecule has 0 spiro atoms. The molecule has 0 N–H and O–H groups in total. The lowest BCUT2D eigenvalue weighted by atomic mass is 10.1. The van der Waals surface area contributed by atoms with Gasteiger partial charge in [-0.3, -0.25) is 4.79 Å². The van der Waals surface area contributed by atoms with E-state index in [0.717, 1.165) is 15.4 Å². The van der Waals surface area contributed by atoms with Crippen LogP contribution < -0.4 is 4.74 Å². The third-order valence-corrected chi connectivity index (χ3v) is 3.49. The summed E-state index contributed by atoms with van der Waals surface area (Å²) in [5.41, 5.74) is 1.40. The van der Waals surface area contributed by atoms with Crippen LogP contribution in [0, 0.1) is 0 Å². The first kappa shape index (κ1) is 13.7. The first-order valence-corrected chi connectivity index (χ1v) is 7.14. The summed E-state index contributed by atoms with van der Waals surface area (Å²) in [6, 6.07) is 14.7. The number of carbonyl (C=O) groups excluding carboxylic acids is 1. The molecular formula is C16H11BrN2O2. The van der Waals surface area contributed by atoms with Crippen molar-refractivity contribution in [3.8, 4) is 5.88 Å². The largest absolute Gasteiger partial charge is 0.469 e. The zero-order valence-corrected chi connectivity index (χ0v) is 12.6. The van der Waals surface area contributed by atoms with Crippen LogP contribution in [0.1, 0.15) is 10.4 Å². The fourth-order valence-corrected chi connectivity index (χ4v) is 2.32. The smallest absolute Gasteiger partial charge is 0.224 e. The van der Waals surface area contributed by atoms with E-state index in [4.69, 9.17) is 4.74 Å². The highest BCUT2D eigenvalue weighted by atomic mass is 79.9. The molecule has 0 fully saturated rings. The van der Waals surface area contributed by atoms with Crippen molar-refractivity contribution in [2.75, 3.05) is 6.61 Å². The molecule has 21 heavy (non-hydrogen) atoms. The lowest BCUT2D eigenvalue weighted by molar-refractivity contribution is 0.0919. The minimum absolute atomic E-state index is 0.0529. The molecule has 104 valence electrons. The van der Waals surface area contributed by atoms with Crippen LogP contribution in [0.25, 0.3) is 10.9 Å². The highest BCUT2D eigenvalue weighted by Crippen LogP contribution is 2.24. The van der Waals surface area contributed by atoms with Crippen LogP contribution in [0.2, 0.25) is 0 Å². The summed E-state index contributed by atoms with van der Waals surface area (Å²) in [5, 5.41) is 0.771. The fraction of sp³-hybridized carbons (Fsp3) is 0.0625. The van der Waals surface area contributed by atoms with Crippen LogP contribution in [0.15, 0.2) is 59.3 Å². The minimum atomic E-state index is -0.0858. The molecular weight excluding hydrogens is 332 g/mol. The summed E-state index contributed by atoms with van der Waals surface area (Å²) >= 11 is 3.41. The molecule has 2 aromatic carbocycles. The highest BCUT2D eigenvalue weighted by molar-refractivity contribution is 9.10. The van der Waals surface area contributed by atoms with Crippen molar-refractivity contribution in [3.63, 3.8) is 0 Å². The van der Waals surface area contributed by atoms with E-state index in [1.54, 1.807) is 12.1 Å². The number of hydrogen-bond donors (Lipinski definition) is 0. The van der Waals surface area contributed by atoms with Crippen molar-refractivity contribution in [1.82, 2.24) is 9.97 Å². The van der Waals surface area contributed by atoms with E-state index in [9.17, 15) is 4.79 Å². The Morgan fingerprint density at radius 3 is 2.71 bits per heavy atom. The second-order valence-electron chi connectivity index (χ2n) is 4.42. The predicted molar refractivity (Wildman–Crippen MR) is 83.5 cm³/mol. The summed E-state index contributed by atoms with van der Waals surface area (Å²) in [6.45, 7) is -0.0529. The number of hydrogen-bond acceptors (Lipinski definition) is 4. The molecule has 3 rings (SSSR count). The molecule has 0 aliphatic heterocycles. The molecule has 1 heterocycles. The van der Waals surface area contributed by atoms with E-state index in [1.807, 2.05) is 36.4 Å². The van der Waals surface area contributed by atoms with Crippen molar-refractivity contribution in [2.24, 2.45) is 0 Å². The highest BCUT2D eigenvalue weighted by Gasteiger charge is 2.10. The van der Waals surface area contributed by atoms with Gasteiger partial charge in [0.2, 0.25) is 5.88 Å². The van der Waals surface area contributed by atoms with Gasteiger partial charge in [-0.1, -0.05) is 46.3 Å². The molecule has 0 saturated carbocycles. The maximum Gasteiger partial charge on any atom is 0.224 e. The van der Waals surface area contributed by atoms with Gasteiger partial charge in [0.25, 0.3) is 0 Å². The molecule has 0 aliphatic carbocycles. The number of ether oxygens (including phenoxy) is 1. The van der Waals surface area contributed by atoms with Crippen molar-refractivity contribution >= 4 is 32.6 Å². The number of Topliss-reactive ketones (excluding diaryl/α,β-unsaturated/α-hetero) is 1. The molecule has 1 aromatic heterocycles. The lowest BCUT2D eigenvalue weighted by Crippen LogP contribution is -2.12. The number of rotatable bonds is 4. The minimum Gasteiger partial charge on any atom is -0.469 e. The second-order valence-corrected chi connectivity index (χ2v) is 5.33. The Bertz CT molecular complexity index is 791. The van der Waals surface area contributed by atoms with E-state index in [1.165, 1.54) is 6.33 Å². The van der Waals surface area contributed by atoms with Crippen LogP contribution in [0.3, 0.4) is 0 Å². The third-order valence-electron chi connectivity index (χ3n) is 3.00. The van der Waals surface area contributed by atoms with Crippen molar-refractivity contribution in [1.29, 1.82) is 0 Å². The van der Waals surface area contributed by atoms with E-state index >= 15 is 0 Å². The van der Waals surface area contributed by atoms with Crippen molar-refractivity contribution < 1.29 is 9.53 Å². The van der Waals surface area contributed by atoms with Crippen molar-refractivity contribution in [3.05, 3.63) is 64.9 Å². The van der Waals surface area contributed by atoms with Crippen molar-refractivity contribution in [2.45, 2.75) is 0 Å². The Hall–Kier alpha value is -2.27. The molecule has 0 amide bonds. The lowest BCUT2D eigenvalue weighted by Gasteiger charge is -2.07. The van der Waals surface area contributed by atoms with Crippen LogP contribution >= 0.6 is 15.9 Å². The topological polar surface area (TPSA) is 52.1 Å². The average molecular weight is 343 g/mol. The molecule has 0 aliphatic rings. The number of fused-ring (bicyclic) bond motifs is 1. The van der Waals surface area contributed by atoms with Crippen LogP contribution in [0.5, 0.6) is 5.88 Å². The molecule has 0 atom stereocenters. The number of benzene rings is 2. The predicted octanol–water partition coefficient (Wildman–Crippen LogP) is 3.65. The SMILES string of the molecule is O=C(COc1ncnc2ccc(Br)cc12)c1ccccc1. The summed E-state index contributed by atoms with van der Waals surface area (Å²) in [7, 11) is 0. The number of nitrogens with zero attached hydrogens (tertiary/aromatic N) is 2. The zero-order chi connectivity index (χ0) is 14.7. The average Bonchev–Trinajstić information content (AvgIpc) is 2.53. The Labute approximate surface area is 129 Å². The number of carbonyl (C=O) groups is 1. The monoisotopic (exact) mass is 342 g/mol. The van der Waals surface area contributed by atoms with Crippen LogP contribution in [0.4, 0.5) is 0 Å². The van der Waals surface area contributed by atoms with Gasteiger partial charge in [-0.05, 0) is 18.2 Å². The Morgan fingerprint density at radius 2 is 1.90 bits per heavy atom. The van der Waals surface area contributed by atoms with Crippen LogP contribution in [-0.2, 0) is 0 Å². The first-order chi connectivity index (χ1) is 10.2. The van der Waals surface area contributed by atoms with Gasteiger partial charge in [0.05, 0.1) is 10.9 Å². The van der Waals surface area contributed by atoms with Gasteiger partial charge in [-0.15, -0.1) is 0 Å². The molecule has 0 bridgehead atoms. The summed E-state index contributed by atoms with van der Waals surface area (Å²) < 4.78 is 6.48. The van der Waals surface area contributed by atoms with Gasteiger partial charge in [-0.25, -0.2) is 9.97 Å². The van der Waals surface area contributed by atoms with Gasteiger partial charge in [0.15, 0.2) is 12.4 Å². The Kier molecular flexibility index (Phi) is 3.92. The van der Waals surface area contributed by atoms with E-state index in [0.29, 0.717) is 11.4 Å². The van der Waals surface area contributed by atoms with Gasteiger partial charge in [-0.2, -0.15) is 0 Å². The zero-order valence-electron chi connectivity index (χ0n) is 11.0. The molecule has 0 radical (unpaired) electrons. The Balaban J connectivity index is 1.82. The fourth-order valence-electron chi connectivity index (χ4n) is 1.96. The number of aromatic nitrogens is 2. The Morgan fingerprint density at radius 1 is 1.10 bits per heavy atom. The molecule has 4 nitrogen and oxygen atoms in total. The molecule has 0 unspecified atom stereocenters. The van der Waals surface area contributed by atoms with E-state index in [-0.39, 0.29) is 12.4 Å².